The van der Waals surface area contributed by atoms with Gasteiger partial charge < -0.3 is 15.5 Å². The van der Waals surface area contributed by atoms with Gasteiger partial charge in [0, 0.05) is 41.9 Å². The predicted molar refractivity (Wildman–Crippen MR) is 129 cm³/mol. The summed E-state index contributed by atoms with van der Waals surface area (Å²) in [4.78, 5) is 39.7. The molecule has 6 nitrogen and oxygen atoms in total. The van der Waals surface area contributed by atoms with Gasteiger partial charge >= 0.3 is 0 Å². The second kappa shape index (κ2) is 10.6. The van der Waals surface area contributed by atoms with Crippen molar-refractivity contribution < 1.29 is 14.4 Å². The normalized spacial score (nSPS) is 17.4. The zero-order chi connectivity index (χ0) is 23.2. The van der Waals surface area contributed by atoms with Crippen LogP contribution in [-0.4, -0.2) is 41.8 Å². The molecule has 1 saturated heterocycles. The highest BCUT2D eigenvalue weighted by atomic mass is 16.2. The summed E-state index contributed by atoms with van der Waals surface area (Å²) in [5, 5.41) is 6.09. The van der Waals surface area contributed by atoms with Crippen molar-refractivity contribution in [3.63, 3.8) is 0 Å². The van der Waals surface area contributed by atoms with E-state index >= 15 is 0 Å². The summed E-state index contributed by atoms with van der Waals surface area (Å²) in [5.74, 6) is -0.0572. The summed E-state index contributed by atoms with van der Waals surface area (Å²) in [6.45, 7) is 3.16. The van der Waals surface area contributed by atoms with Gasteiger partial charge in [-0.15, -0.1) is 0 Å². The molecule has 0 atom stereocenters. The standard InChI is InChI=1S/C27H33N3O3/c1-19-7-9-20(10-8-19)25(31)29-24-13-11-22(12-14-24)27(33)30-17-15-21(16-18-30)26(32)28-23-5-3-2-4-6-23/h7-14,21,23H,2-6,15-18H2,1H3,(H,28,32)(H,29,31). The smallest absolute Gasteiger partial charge is 0.255 e. The van der Waals surface area contributed by atoms with Gasteiger partial charge in [0.25, 0.3) is 11.8 Å². The zero-order valence-corrected chi connectivity index (χ0v) is 19.3. The van der Waals surface area contributed by atoms with Crippen LogP contribution in [0.25, 0.3) is 0 Å². The van der Waals surface area contributed by atoms with E-state index in [0.717, 1.165) is 18.4 Å². The molecule has 1 aliphatic carbocycles. The SMILES string of the molecule is Cc1ccc(C(=O)Nc2ccc(C(=O)N3CCC(C(=O)NC4CCCCC4)CC3)cc2)cc1. The molecule has 2 fully saturated rings. The second-order valence-electron chi connectivity index (χ2n) is 9.31. The summed E-state index contributed by atoms with van der Waals surface area (Å²) in [6, 6.07) is 14.7. The van der Waals surface area contributed by atoms with Gasteiger partial charge in [-0.3, -0.25) is 14.4 Å². The lowest BCUT2D eigenvalue weighted by Crippen LogP contribution is -2.45. The van der Waals surface area contributed by atoms with Crippen LogP contribution in [0.5, 0.6) is 0 Å². The van der Waals surface area contributed by atoms with E-state index in [2.05, 4.69) is 10.6 Å². The van der Waals surface area contributed by atoms with Gasteiger partial charge in [0.1, 0.15) is 0 Å². The summed E-state index contributed by atoms with van der Waals surface area (Å²) < 4.78 is 0. The Bertz CT molecular complexity index is 971. The van der Waals surface area contributed by atoms with Crippen molar-refractivity contribution in [1.29, 1.82) is 0 Å². The minimum absolute atomic E-state index is 0.00432. The Labute approximate surface area is 195 Å². The van der Waals surface area contributed by atoms with Crippen molar-refractivity contribution in [2.24, 2.45) is 5.92 Å². The van der Waals surface area contributed by atoms with Crippen molar-refractivity contribution >= 4 is 23.4 Å². The number of carbonyl (C=O) groups is 3. The molecule has 2 aromatic rings. The van der Waals surface area contributed by atoms with Crippen LogP contribution in [0.1, 0.15) is 71.2 Å². The van der Waals surface area contributed by atoms with Gasteiger partial charge in [-0.05, 0) is 69.0 Å². The van der Waals surface area contributed by atoms with Crippen LogP contribution >= 0.6 is 0 Å². The third-order valence-corrected chi connectivity index (χ3v) is 6.81. The molecule has 1 saturated carbocycles. The Kier molecular flexibility index (Phi) is 7.43. The number of aryl methyl sites for hydroxylation is 1. The first kappa shape index (κ1) is 23.0. The van der Waals surface area contributed by atoms with E-state index in [1.54, 1.807) is 36.4 Å². The van der Waals surface area contributed by atoms with Crippen molar-refractivity contribution in [1.82, 2.24) is 10.2 Å². The van der Waals surface area contributed by atoms with E-state index in [4.69, 9.17) is 0 Å². The fraction of sp³-hybridized carbons (Fsp3) is 0.444. The van der Waals surface area contributed by atoms with Gasteiger partial charge in [0.15, 0.2) is 0 Å². The van der Waals surface area contributed by atoms with Crippen LogP contribution in [-0.2, 0) is 4.79 Å². The summed E-state index contributed by atoms with van der Waals surface area (Å²) in [6.07, 6.45) is 7.25. The topological polar surface area (TPSA) is 78.5 Å². The third kappa shape index (κ3) is 6.01. The fourth-order valence-corrected chi connectivity index (χ4v) is 4.70. The third-order valence-electron chi connectivity index (χ3n) is 6.81. The number of likely N-dealkylation sites (tertiary alicyclic amines) is 1. The van der Waals surface area contributed by atoms with E-state index in [1.807, 2.05) is 24.0 Å². The molecular weight excluding hydrogens is 414 g/mol. The number of hydrogen-bond donors (Lipinski definition) is 2. The molecule has 0 bridgehead atoms. The Hall–Kier alpha value is -3.15. The molecule has 1 aliphatic heterocycles. The number of nitrogens with one attached hydrogen (secondary N) is 2. The lowest BCUT2D eigenvalue weighted by atomic mass is 9.92. The van der Waals surface area contributed by atoms with Gasteiger partial charge in [-0.25, -0.2) is 0 Å². The maximum Gasteiger partial charge on any atom is 0.255 e. The van der Waals surface area contributed by atoms with Crippen molar-refractivity contribution in [3.8, 4) is 0 Å². The Morgan fingerprint density at radius 1 is 0.788 bits per heavy atom. The molecule has 33 heavy (non-hydrogen) atoms. The van der Waals surface area contributed by atoms with Crippen molar-refractivity contribution in [3.05, 3.63) is 65.2 Å². The number of rotatable bonds is 5. The molecule has 174 valence electrons. The minimum Gasteiger partial charge on any atom is -0.353 e. The Balaban J connectivity index is 1.26. The lowest BCUT2D eigenvalue weighted by molar-refractivity contribution is -0.127. The summed E-state index contributed by atoms with van der Waals surface area (Å²) in [5.41, 5.74) is 2.93. The van der Waals surface area contributed by atoms with Crippen LogP contribution in [0.15, 0.2) is 48.5 Å². The average Bonchev–Trinajstić information content (AvgIpc) is 2.85. The van der Waals surface area contributed by atoms with E-state index < -0.39 is 0 Å². The highest BCUT2D eigenvalue weighted by molar-refractivity contribution is 6.04. The van der Waals surface area contributed by atoms with E-state index in [9.17, 15) is 14.4 Å². The second-order valence-corrected chi connectivity index (χ2v) is 9.31. The van der Waals surface area contributed by atoms with Crippen LogP contribution in [0.2, 0.25) is 0 Å². The van der Waals surface area contributed by atoms with Gasteiger partial charge in [-0.2, -0.15) is 0 Å². The van der Waals surface area contributed by atoms with Gasteiger partial charge in [0.05, 0.1) is 0 Å². The molecular formula is C27H33N3O3. The van der Waals surface area contributed by atoms with E-state index in [1.165, 1.54) is 19.3 Å². The predicted octanol–water partition coefficient (Wildman–Crippen LogP) is 4.55. The van der Waals surface area contributed by atoms with E-state index in [-0.39, 0.29) is 23.6 Å². The molecule has 0 unspecified atom stereocenters. The van der Waals surface area contributed by atoms with Crippen LogP contribution in [0, 0.1) is 12.8 Å². The number of carbonyl (C=O) groups excluding carboxylic acids is 3. The maximum atomic E-state index is 12.9. The summed E-state index contributed by atoms with van der Waals surface area (Å²) in [7, 11) is 0. The largest absolute Gasteiger partial charge is 0.353 e. The van der Waals surface area contributed by atoms with Crippen molar-refractivity contribution in [2.75, 3.05) is 18.4 Å². The van der Waals surface area contributed by atoms with Crippen LogP contribution in [0.4, 0.5) is 5.69 Å². The molecule has 0 radical (unpaired) electrons. The first-order valence-corrected chi connectivity index (χ1v) is 12.1. The molecule has 2 aliphatic rings. The highest BCUT2D eigenvalue weighted by Crippen LogP contribution is 2.22. The Morgan fingerprint density at radius 3 is 2.03 bits per heavy atom. The number of amides is 3. The Morgan fingerprint density at radius 2 is 1.39 bits per heavy atom. The average molecular weight is 448 g/mol. The molecule has 1 heterocycles. The quantitative estimate of drug-likeness (QED) is 0.706. The molecule has 3 amide bonds. The van der Waals surface area contributed by atoms with Gasteiger partial charge in [0.2, 0.25) is 5.91 Å². The molecule has 6 heteroatoms. The van der Waals surface area contributed by atoms with Gasteiger partial charge in [-0.1, -0.05) is 37.0 Å². The van der Waals surface area contributed by atoms with Crippen LogP contribution < -0.4 is 10.6 Å². The fourth-order valence-electron chi connectivity index (χ4n) is 4.70. The molecule has 2 aromatic carbocycles. The molecule has 2 N–H and O–H groups in total. The maximum absolute atomic E-state index is 12.9. The number of piperidine rings is 1. The highest BCUT2D eigenvalue weighted by Gasteiger charge is 2.29. The number of anilines is 1. The zero-order valence-electron chi connectivity index (χ0n) is 19.3. The van der Waals surface area contributed by atoms with Crippen molar-refractivity contribution in [2.45, 2.75) is 57.9 Å². The molecule has 4 rings (SSSR count). The molecule has 0 aromatic heterocycles. The number of hydrogen-bond acceptors (Lipinski definition) is 3. The van der Waals surface area contributed by atoms with E-state index in [0.29, 0.717) is 48.8 Å². The first-order chi connectivity index (χ1) is 16.0. The number of nitrogens with zero attached hydrogens (tertiary/aromatic N) is 1. The first-order valence-electron chi connectivity index (χ1n) is 12.1. The summed E-state index contributed by atoms with van der Waals surface area (Å²) >= 11 is 0. The minimum atomic E-state index is -0.178. The lowest BCUT2D eigenvalue weighted by Gasteiger charge is -2.33. The number of benzene rings is 2. The molecule has 0 spiro atoms. The monoisotopic (exact) mass is 447 g/mol. The van der Waals surface area contributed by atoms with Crippen LogP contribution in [0.3, 0.4) is 0 Å².